The summed E-state index contributed by atoms with van der Waals surface area (Å²) in [6.45, 7) is 1.00. The van der Waals surface area contributed by atoms with Crippen molar-refractivity contribution in [2.75, 3.05) is 6.54 Å². The first-order valence-electron chi connectivity index (χ1n) is 5.79. The van der Waals surface area contributed by atoms with E-state index in [1.807, 2.05) is 0 Å². The monoisotopic (exact) mass is 293 g/mol. The van der Waals surface area contributed by atoms with Gasteiger partial charge in [0, 0.05) is 18.4 Å². The van der Waals surface area contributed by atoms with Gasteiger partial charge in [0.05, 0.1) is 12.2 Å². The van der Waals surface area contributed by atoms with E-state index in [1.54, 1.807) is 4.68 Å². The number of hydrogen-bond acceptors (Lipinski definition) is 8. The molecular weight excluding hydrogens is 282 g/mol. The quantitative estimate of drug-likeness (QED) is 0.552. The van der Waals surface area contributed by atoms with Gasteiger partial charge < -0.3 is 5.73 Å². The fraction of sp³-hybridized carbons (Fsp3) is 0.333. The molecule has 3 rings (SSSR count). The molecule has 0 bridgehead atoms. The van der Waals surface area contributed by atoms with Gasteiger partial charge in [-0.3, -0.25) is 9.89 Å². The molecule has 0 saturated heterocycles. The summed E-state index contributed by atoms with van der Waals surface area (Å²) in [7, 11) is 0. The van der Waals surface area contributed by atoms with Crippen LogP contribution in [0.3, 0.4) is 0 Å². The number of aromatic amines is 1. The Hall–Kier alpha value is -2.27. The average Bonchev–Trinajstić information content (AvgIpc) is 3.06. The summed E-state index contributed by atoms with van der Waals surface area (Å²) in [6, 6.07) is 1.45. The molecule has 0 unspecified atom stereocenters. The third kappa shape index (κ3) is 2.40. The van der Waals surface area contributed by atoms with Crippen molar-refractivity contribution in [1.29, 1.82) is 0 Å². The van der Waals surface area contributed by atoms with Gasteiger partial charge >= 0.3 is 0 Å². The Kier molecular flexibility index (Phi) is 3.43. The third-order valence-corrected chi connectivity index (χ3v) is 3.50. The second kappa shape index (κ2) is 5.38. The lowest BCUT2D eigenvalue weighted by Crippen LogP contribution is -2.15. The highest BCUT2D eigenvalue weighted by Crippen LogP contribution is 2.17. The number of tetrazole rings is 1. The third-order valence-electron chi connectivity index (χ3n) is 2.51. The first kappa shape index (κ1) is 12.7. The average molecular weight is 293 g/mol. The second-order valence-corrected chi connectivity index (χ2v) is 4.81. The zero-order valence-corrected chi connectivity index (χ0v) is 11.1. The largest absolute Gasteiger partial charge is 0.329 e. The molecule has 0 atom stereocenters. The summed E-state index contributed by atoms with van der Waals surface area (Å²) >= 11 is 1.39. The fourth-order valence-electron chi connectivity index (χ4n) is 1.64. The number of nitrogens with zero attached hydrogens (tertiary/aromatic N) is 7. The molecule has 0 saturated carbocycles. The predicted molar refractivity (Wildman–Crippen MR) is 70.0 cm³/mol. The second-order valence-electron chi connectivity index (χ2n) is 3.87. The van der Waals surface area contributed by atoms with E-state index in [9.17, 15) is 4.79 Å². The van der Waals surface area contributed by atoms with E-state index in [-0.39, 0.29) is 5.56 Å². The van der Waals surface area contributed by atoms with E-state index < -0.39 is 0 Å². The van der Waals surface area contributed by atoms with Crippen LogP contribution in [0, 0.1) is 0 Å². The maximum absolute atomic E-state index is 11.8. The summed E-state index contributed by atoms with van der Waals surface area (Å²) in [5, 5.41) is 14.6. The van der Waals surface area contributed by atoms with Gasteiger partial charge in [-0.1, -0.05) is 11.8 Å². The number of rotatable bonds is 5. The number of H-pyrrole nitrogens is 1. The van der Waals surface area contributed by atoms with Gasteiger partial charge in [-0.15, -0.1) is 5.10 Å². The summed E-state index contributed by atoms with van der Waals surface area (Å²) in [6.07, 6.45) is 1.42. The molecule has 11 heteroatoms. The van der Waals surface area contributed by atoms with Crippen LogP contribution < -0.4 is 11.3 Å². The molecule has 0 radical (unpaired) electrons. The van der Waals surface area contributed by atoms with E-state index in [0.29, 0.717) is 35.5 Å². The molecule has 0 aliphatic rings. The number of nitrogens with two attached hydrogens (primary N) is 1. The predicted octanol–water partition coefficient (Wildman–Crippen LogP) is -1.34. The van der Waals surface area contributed by atoms with Crippen LogP contribution in [0.25, 0.3) is 5.78 Å². The first-order chi connectivity index (χ1) is 9.78. The molecule has 3 aromatic heterocycles. The van der Waals surface area contributed by atoms with E-state index in [1.165, 1.54) is 28.7 Å². The van der Waals surface area contributed by atoms with Crippen LogP contribution in [0.5, 0.6) is 0 Å². The zero-order valence-electron chi connectivity index (χ0n) is 10.3. The van der Waals surface area contributed by atoms with Crippen molar-refractivity contribution in [2.24, 2.45) is 5.73 Å². The van der Waals surface area contributed by atoms with Gasteiger partial charge in [0.25, 0.3) is 11.3 Å². The number of nitrogens with one attached hydrogen (secondary N) is 1. The lowest BCUT2D eigenvalue weighted by molar-refractivity contribution is 0.557. The number of fused-ring (bicyclic) bond motifs is 1. The fourth-order valence-corrected chi connectivity index (χ4v) is 2.44. The summed E-state index contributed by atoms with van der Waals surface area (Å²) in [4.78, 5) is 20.0. The van der Waals surface area contributed by atoms with Crippen LogP contribution in [0.1, 0.15) is 5.69 Å². The summed E-state index contributed by atoms with van der Waals surface area (Å²) in [5.41, 5.74) is 5.89. The number of aromatic nitrogens is 8. The minimum Gasteiger partial charge on any atom is -0.329 e. The zero-order chi connectivity index (χ0) is 13.9. The maximum atomic E-state index is 11.8. The highest BCUT2D eigenvalue weighted by atomic mass is 32.2. The lowest BCUT2D eigenvalue weighted by atomic mass is 10.4. The SMILES string of the molecule is NCCn1nnnc1SCc1cc(=O)n2[nH]cnc2n1. The molecule has 0 aliphatic carbocycles. The Labute approximate surface area is 116 Å². The van der Waals surface area contributed by atoms with Crippen molar-refractivity contribution < 1.29 is 0 Å². The van der Waals surface area contributed by atoms with Gasteiger partial charge in [-0.25, -0.2) is 14.6 Å². The Morgan fingerprint density at radius 1 is 1.45 bits per heavy atom. The summed E-state index contributed by atoms with van der Waals surface area (Å²) < 4.78 is 2.89. The van der Waals surface area contributed by atoms with Crippen LogP contribution in [0.4, 0.5) is 0 Å². The molecule has 0 aliphatic heterocycles. The van der Waals surface area contributed by atoms with Crippen LogP contribution in [-0.4, -0.2) is 46.3 Å². The van der Waals surface area contributed by atoms with Crippen molar-refractivity contribution in [3.05, 3.63) is 28.4 Å². The highest BCUT2D eigenvalue weighted by molar-refractivity contribution is 7.98. The Balaban J connectivity index is 1.79. The molecule has 0 fully saturated rings. The van der Waals surface area contributed by atoms with E-state index in [0.717, 1.165) is 0 Å². The van der Waals surface area contributed by atoms with Gasteiger partial charge in [0.15, 0.2) is 0 Å². The van der Waals surface area contributed by atoms with Crippen molar-refractivity contribution in [1.82, 2.24) is 39.8 Å². The number of hydrogen-bond donors (Lipinski definition) is 2. The van der Waals surface area contributed by atoms with Crippen LogP contribution in [0.15, 0.2) is 22.3 Å². The molecule has 3 aromatic rings. The Bertz CT molecular complexity index is 775. The van der Waals surface area contributed by atoms with E-state index >= 15 is 0 Å². The molecular formula is C9H11N9OS. The standard InChI is InChI=1S/C9H11N9OS/c10-1-2-17-9(14-15-16-17)20-4-6-3-7(19)18-8(13-6)11-5-12-18/h3,5H,1-2,4,10H2,(H,11,12,13). The van der Waals surface area contributed by atoms with Gasteiger partial charge in [-0.2, -0.15) is 4.52 Å². The lowest BCUT2D eigenvalue weighted by Gasteiger charge is -2.02. The minimum absolute atomic E-state index is 0.204. The molecule has 0 spiro atoms. The van der Waals surface area contributed by atoms with Crippen molar-refractivity contribution in [3.8, 4) is 0 Å². The molecule has 104 valence electrons. The van der Waals surface area contributed by atoms with Gasteiger partial charge in [0.2, 0.25) is 5.16 Å². The Morgan fingerprint density at radius 2 is 2.35 bits per heavy atom. The van der Waals surface area contributed by atoms with Crippen LogP contribution in [0.2, 0.25) is 0 Å². The molecule has 20 heavy (non-hydrogen) atoms. The van der Waals surface area contributed by atoms with Gasteiger partial charge in [0.1, 0.15) is 6.33 Å². The highest BCUT2D eigenvalue weighted by Gasteiger charge is 2.09. The minimum atomic E-state index is -0.204. The molecule has 10 nitrogen and oxygen atoms in total. The number of thioether (sulfide) groups is 1. The molecule has 3 N–H and O–H groups in total. The van der Waals surface area contributed by atoms with Crippen molar-refractivity contribution in [3.63, 3.8) is 0 Å². The van der Waals surface area contributed by atoms with Crippen molar-refractivity contribution >= 4 is 17.5 Å². The van der Waals surface area contributed by atoms with Crippen LogP contribution >= 0.6 is 11.8 Å². The van der Waals surface area contributed by atoms with Crippen molar-refractivity contribution in [2.45, 2.75) is 17.5 Å². The van der Waals surface area contributed by atoms with E-state index in [2.05, 4.69) is 30.6 Å². The van der Waals surface area contributed by atoms with E-state index in [4.69, 9.17) is 5.73 Å². The smallest absolute Gasteiger partial charge is 0.274 e. The Morgan fingerprint density at radius 3 is 3.20 bits per heavy atom. The normalized spacial score (nSPS) is 11.2. The van der Waals surface area contributed by atoms with Gasteiger partial charge in [-0.05, 0) is 10.4 Å². The maximum Gasteiger partial charge on any atom is 0.274 e. The topological polar surface area (TPSA) is 133 Å². The summed E-state index contributed by atoms with van der Waals surface area (Å²) in [5.74, 6) is 0.818. The van der Waals surface area contributed by atoms with Crippen LogP contribution in [-0.2, 0) is 12.3 Å². The molecule has 3 heterocycles. The molecule has 0 aromatic carbocycles. The molecule has 0 amide bonds. The first-order valence-corrected chi connectivity index (χ1v) is 6.77.